The lowest BCUT2D eigenvalue weighted by Crippen LogP contribution is -2.35. The van der Waals surface area contributed by atoms with E-state index in [-0.39, 0.29) is 6.61 Å². The van der Waals surface area contributed by atoms with Crippen LogP contribution in [-0.2, 0) is 0 Å². The molecular formula is C11H12N6O4. The van der Waals surface area contributed by atoms with Crippen molar-refractivity contribution in [2.45, 2.75) is 0 Å². The van der Waals surface area contributed by atoms with E-state index in [1.807, 2.05) is 6.07 Å². The molecule has 0 bridgehead atoms. The first-order chi connectivity index (χ1) is 10.1. The Balaban J connectivity index is 2.81. The molecule has 0 saturated heterocycles. The van der Waals surface area contributed by atoms with Crippen LogP contribution in [-0.4, -0.2) is 30.9 Å². The minimum absolute atomic E-state index is 0.100. The second-order valence-corrected chi connectivity index (χ2v) is 3.46. The van der Waals surface area contributed by atoms with Gasteiger partial charge in [-0.2, -0.15) is 10.4 Å². The second kappa shape index (κ2) is 7.95. The number of ether oxygens (including phenoxy) is 2. The highest BCUT2D eigenvalue weighted by molar-refractivity contribution is 5.82. The topological polar surface area (TPSA) is 148 Å². The fourth-order valence-electron chi connectivity index (χ4n) is 1.27. The summed E-state index contributed by atoms with van der Waals surface area (Å²) in [5.74, 6) is 0.376. The molecule has 10 nitrogen and oxygen atoms in total. The molecular weight excluding hydrogens is 280 g/mol. The fraction of sp³-hybridized carbons (Fsp3) is 0.182. The maximum Gasteiger partial charge on any atom is 0.275 e. The highest BCUT2D eigenvalue weighted by Crippen LogP contribution is 2.27. The van der Waals surface area contributed by atoms with Gasteiger partial charge in [-0.05, 0) is 23.8 Å². The van der Waals surface area contributed by atoms with Gasteiger partial charge in [0.15, 0.2) is 23.1 Å². The Labute approximate surface area is 119 Å². The minimum Gasteiger partial charge on any atom is -0.493 e. The lowest BCUT2D eigenvalue weighted by Gasteiger charge is -2.08. The zero-order valence-electron chi connectivity index (χ0n) is 11.0. The zero-order valence-corrected chi connectivity index (χ0v) is 11.0. The van der Waals surface area contributed by atoms with Crippen LogP contribution in [0.5, 0.6) is 11.5 Å². The van der Waals surface area contributed by atoms with Gasteiger partial charge >= 0.3 is 0 Å². The van der Waals surface area contributed by atoms with Crippen LogP contribution in [0.3, 0.4) is 0 Å². The van der Waals surface area contributed by atoms with Gasteiger partial charge in [-0.25, -0.2) is 10.1 Å². The Morgan fingerprint density at radius 1 is 1.62 bits per heavy atom. The van der Waals surface area contributed by atoms with E-state index in [0.717, 1.165) is 0 Å². The Morgan fingerprint density at radius 2 is 2.38 bits per heavy atom. The number of nitro groups is 1. The average molecular weight is 292 g/mol. The number of rotatable bonds is 6. The summed E-state index contributed by atoms with van der Waals surface area (Å²) in [6.45, 7) is -0.100. The normalized spacial score (nSPS) is 11.0. The van der Waals surface area contributed by atoms with E-state index in [1.165, 1.54) is 13.3 Å². The van der Waals surface area contributed by atoms with Crippen molar-refractivity contribution in [2.24, 2.45) is 15.9 Å². The summed E-state index contributed by atoms with van der Waals surface area (Å²) in [7, 11) is 1.45. The summed E-state index contributed by atoms with van der Waals surface area (Å²) >= 11 is 0. The monoisotopic (exact) mass is 292 g/mol. The summed E-state index contributed by atoms with van der Waals surface area (Å²) in [6, 6.07) is 6.69. The molecule has 0 aliphatic carbocycles. The van der Waals surface area contributed by atoms with Crippen molar-refractivity contribution in [1.29, 1.82) is 5.26 Å². The number of nitriles is 1. The quantitative estimate of drug-likeness (QED) is 0.325. The molecule has 10 heteroatoms. The van der Waals surface area contributed by atoms with Crippen LogP contribution in [0.2, 0.25) is 0 Å². The van der Waals surface area contributed by atoms with Crippen molar-refractivity contribution in [3.63, 3.8) is 0 Å². The Bertz CT molecular complexity index is 607. The van der Waals surface area contributed by atoms with Gasteiger partial charge in [0.05, 0.1) is 13.3 Å². The lowest BCUT2D eigenvalue weighted by molar-refractivity contribution is -0.525. The number of guanidine groups is 1. The molecule has 1 aromatic carbocycles. The third-order valence-corrected chi connectivity index (χ3v) is 2.06. The molecule has 1 aromatic rings. The molecule has 0 atom stereocenters. The summed E-state index contributed by atoms with van der Waals surface area (Å²) in [4.78, 5) is 10.1. The largest absolute Gasteiger partial charge is 0.493 e. The van der Waals surface area contributed by atoms with Crippen molar-refractivity contribution in [2.75, 3.05) is 13.7 Å². The Hall–Kier alpha value is -3.35. The van der Waals surface area contributed by atoms with Crippen LogP contribution >= 0.6 is 0 Å². The van der Waals surface area contributed by atoms with Crippen LogP contribution in [0, 0.1) is 21.4 Å². The van der Waals surface area contributed by atoms with E-state index >= 15 is 0 Å². The summed E-state index contributed by atoms with van der Waals surface area (Å²) in [5.41, 5.74) is 7.43. The Morgan fingerprint density at radius 3 is 3.00 bits per heavy atom. The van der Waals surface area contributed by atoms with Gasteiger partial charge in [-0.15, -0.1) is 5.10 Å². The van der Waals surface area contributed by atoms with Crippen LogP contribution in [0.4, 0.5) is 0 Å². The van der Waals surface area contributed by atoms with Crippen molar-refractivity contribution < 1.29 is 14.5 Å². The molecule has 0 radical (unpaired) electrons. The minimum atomic E-state index is -0.849. The van der Waals surface area contributed by atoms with Gasteiger partial charge in [0.1, 0.15) is 6.07 Å². The molecule has 3 N–H and O–H groups in total. The smallest absolute Gasteiger partial charge is 0.275 e. The van der Waals surface area contributed by atoms with Crippen LogP contribution < -0.4 is 20.6 Å². The second-order valence-electron chi connectivity index (χ2n) is 3.46. The number of hydrazine groups is 1. The lowest BCUT2D eigenvalue weighted by atomic mass is 10.2. The molecule has 0 aliphatic rings. The summed E-state index contributed by atoms with van der Waals surface area (Å²) in [6.07, 6.45) is 1.32. The molecule has 0 unspecified atom stereocenters. The fourth-order valence-corrected chi connectivity index (χ4v) is 1.27. The predicted octanol–water partition coefficient (Wildman–Crippen LogP) is 0.0275. The van der Waals surface area contributed by atoms with Gasteiger partial charge in [-0.1, -0.05) is 5.43 Å². The van der Waals surface area contributed by atoms with Crippen molar-refractivity contribution in [3.8, 4) is 17.6 Å². The van der Waals surface area contributed by atoms with E-state index in [9.17, 15) is 10.1 Å². The molecule has 0 heterocycles. The van der Waals surface area contributed by atoms with Crippen LogP contribution in [0.15, 0.2) is 28.4 Å². The van der Waals surface area contributed by atoms with Gasteiger partial charge in [0, 0.05) is 0 Å². The first-order valence-electron chi connectivity index (χ1n) is 5.52. The summed E-state index contributed by atoms with van der Waals surface area (Å²) in [5, 5.41) is 24.7. The van der Waals surface area contributed by atoms with E-state index in [2.05, 4.69) is 10.2 Å². The van der Waals surface area contributed by atoms with E-state index < -0.39 is 11.0 Å². The Kier molecular flexibility index (Phi) is 5.95. The molecule has 110 valence electrons. The van der Waals surface area contributed by atoms with E-state index in [1.54, 1.807) is 23.6 Å². The first kappa shape index (κ1) is 15.7. The highest BCUT2D eigenvalue weighted by atomic mass is 16.7. The highest BCUT2D eigenvalue weighted by Gasteiger charge is 2.04. The standard InChI is InChI=1S/C11H12N6O4/c1-20-10-6-8(2-3-9(10)21-5-4-12)7-14-15-11(13)16-17(18)19/h2-3,6-7H,5H2,1H3,(H3,13,15,16)/b14-7-. The number of hydrogen-bond donors (Lipinski definition) is 2. The number of benzene rings is 1. The van der Waals surface area contributed by atoms with Gasteiger partial charge < -0.3 is 15.2 Å². The van der Waals surface area contributed by atoms with Crippen molar-refractivity contribution in [3.05, 3.63) is 33.9 Å². The number of nitrogens with two attached hydrogens (primary N) is 1. The zero-order chi connectivity index (χ0) is 15.7. The number of methoxy groups -OCH3 is 1. The molecule has 0 fully saturated rings. The third-order valence-electron chi connectivity index (χ3n) is 2.06. The number of nitrogens with one attached hydrogen (secondary N) is 1. The van der Waals surface area contributed by atoms with E-state index in [4.69, 9.17) is 20.5 Å². The maximum absolute atomic E-state index is 10.1. The summed E-state index contributed by atoms with van der Waals surface area (Å²) < 4.78 is 10.3. The van der Waals surface area contributed by atoms with Gasteiger partial charge in [0.2, 0.25) is 0 Å². The van der Waals surface area contributed by atoms with Crippen LogP contribution in [0.25, 0.3) is 0 Å². The molecule has 0 amide bonds. The number of hydrogen-bond acceptors (Lipinski definition) is 7. The maximum atomic E-state index is 10.1. The van der Waals surface area contributed by atoms with Crippen molar-refractivity contribution >= 4 is 12.2 Å². The molecule has 0 saturated carbocycles. The molecule has 0 aliphatic heterocycles. The van der Waals surface area contributed by atoms with Crippen LogP contribution in [0.1, 0.15) is 5.56 Å². The molecule has 0 aromatic heterocycles. The molecule has 21 heavy (non-hydrogen) atoms. The van der Waals surface area contributed by atoms with Crippen molar-refractivity contribution in [1.82, 2.24) is 5.43 Å². The number of nitrogens with zero attached hydrogens (tertiary/aromatic N) is 4. The van der Waals surface area contributed by atoms with Gasteiger partial charge in [0.25, 0.3) is 5.96 Å². The van der Waals surface area contributed by atoms with E-state index in [0.29, 0.717) is 17.1 Å². The SMILES string of the molecule is COc1cc(/C=N\N=C(N)N[N+](=O)[O-])ccc1OCC#N. The third kappa shape index (κ3) is 5.43. The first-order valence-corrected chi connectivity index (χ1v) is 5.52. The predicted molar refractivity (Wildman–Crippen MR) is 73.4 cm³/mol. The van der Waals surface area contributed by atoms with Gasteiger partial charge in [-0.3, -0.25) is 0 Å². The average Bonchev–Trinajstić information content (AvgIpc) is 2.44. The molecule has 0 spiro atoms. The molecule has 1 rings (SSSR count).